The van der Waals surface area contributed by atoms with Crippen LogP contribution in [0.3, 0.4) is 0 Å². The number of aromatic nitrogens is 2. The molecule has 1 aliphatic rings. The molecular formula is C14H16N2O3S. The van der Waals surface area contributed by atoms with Gasteiger partial charge in [-0.1, -0.05) is 23.9 Å². The summed E-state index contributed by atoms with van der Waals surface area (Å²) in [6, 6.07) is 7.90. The highest BCUT2D eigenvalue weighted by Crippen LogP contribution is 2.35. The first-order chi connectivity index (χ1) is 9.60. The number of para-hydroxylation sites is 2. The van der Waals surface area contributed by atoms with E-state index in [2.05, 4.69) is 16.5 Å². The van der Waals surface area contributed by atoms with Crippen LogP contribution in [-0.4, -0.2) is 39.6 Å². The summed E-state index contributed by atoms with van der Waals surface area (Å²) in [5, 5.41) is 9.64. The number of carbonyl (C=O) groups is 1. The molecule has 0 radical (unpaired) electrons. The maximum atomic E-state index is 10.8. The van der Waals surface area contributed by atoms with Crippen LogP contribution in [0.1, 0.15) is 13.3 Å². The van der Waals surface area contributed by atoms with E-state index < -0.39 is 5.97 Å². The first-order valence-corrected chi connectivity index (χ1v) is 7.49. The molecular weight excluding hydrogens is 276 g/mol. The largest absolute Gasteiger partial charge is 0.481 e. The van der Waals surface area contributed by atoms with Crippen LogP contribution in [-0.2, 0) is 15.1 Å². The van der Waals surface area contributed by atoms with E-state index in [1.807, 2.05) is 24.3 Å². The Morgan fingerprint density at radius 3 is 3.05 bits per heavy atom. The summed E-state index contributed by atoms with van der Waals surface area (Å²) in [4.78, 5) is 15.4. The zero-order valence-corrected chi connectivity index (χ0v) is 12.0. The number of carboxylic acid groups (broad SMARTS) is 1. The van der Waals surface area contributed by atoms with Crippen LogP contribution in [0.25, 0.3) is 11.0 Å². The van der Waals surface area contributed by atoms with Crippen LogP contribution in [0.4, 0.5) is 0 Å². The normalized spacial score (nSPS) is 22.4. The first-order valence-electron chi connectivity index (χ1n) is 6.50. The maximum absolute atomic E-state index is 10.8. The summed E-state index contributed by atoms with van der Waals surface area (Å²) in [7, 11) is 0. The van der Waals surface area contributed by atoms with Gasteiger partial charge in [-0.2, -0.15) is 0 Å². The van der Waals surface area contributed by atoms with Gasteiger partial charge in [-0.05, 0) is 25.5 Å². The minimum absolute atomic E-state index is 0.0141. The van der Waals surface area contributed by atoms with E-state index in [1.165, 1.54) is 11.8 Å². The van der Waals surface area contributed by atoms with E-state index in [-0.39, 0.29) is 11.3 Å². The number of aliphatic carboxylic acids is 1. The highest BCUT2D eigenvalue weighted by molar-refractivity contribution is 7.99. The molecule has 1 fully saturated rings. The Bertz CT molecular complexity index is 647. The number of carboxylic acids is 1. The van der Waals surface area contributed by atoms with Gasteiger partial charge in [0.15, 0.2) is 5.16 Å². The van der Waals surface area contributed by atoms with Crippen molar-refractivity contribution in [3.63, 3.8) is 0 Å². The van der Waals surface area contributed by atoms with Gasteiger partial charge >= 0.3 is 5.97 Å². The molecule has 1 unspecified atom stereocenters. The van der Waals surface area contributed by atoms with E-state index in [0.717, 1.165) is 29.2 Å². The standard InChI is InChI=1S/C14H16N2O3S/c1-14(6-7-19-9-14)16-11-5-3-2-4-10(11)15-13(16)20-8-12(17)18/h2-5H,6-9H2,1H3,(H,17,18). The summed E-state index contributed by atoms with van der Waals surface area (Å²) in [6.45, 7) is 3.50. The molecule has 3 rings (SSSR count). The molecule has 0 saturated carbocycles. The van der Waals surface area contributed by atoms with Crippen LogP contribution in [0.5, 0.6) is 0 Å². The molecule has 2 aromatic rings. The predicted octanol–water partition coefficient (Wildman–Crippen LogP) is 2.35. The second kappa shape index (κ2) is 5.10. The molecule has 1 N–H and O–H groups in total. The molecule has 1 aliphatic heterocycles. The van der Waals surface area contributed by atoms with Crippen molar-refractivity contribution in [2.45, 2.75) is 24.0 Å². The Balaban J connectivity index is 2.10. The highest BCUT2D eigenvalue weighted by atomic mass is 32.2. The highest BCUT2D eigenvalue weighted by Gasteiger charge is 2.35. The SMILES string of the molecule is CC1(n2c(SCC(=O)O)nc3ccccc32)CCOC1. The van der Waals surface area contributed by atoms with Gasteiger partial charge in [-0.15, -0.1) is 0 Å². The van der Waals surface area contributed by atoms with Gasteiger partial charge in [-0.25, -0.2) is 4.98 Å². The molecule has 20 heavy (non-hydrogen) atoms. The summed E-state index contributed by atoms with van der Waals surface area (Å²) in [5.74, 6) is -0.818. The minimum Gasteiger partial charge on any atom is -0.481 e. The van der Waals surface area contributed by atoms with Crippen molar-refractivity contribution in [1.29, 1.82) is 0 Å². The van der Waals surface area contributed by atoms with Gasteiger partial charge in [0, 0.05) is 6.61 Å². The summed E-state index contributed by atoms with van der Waals surface area (Å²) >= 11 is 1.26. The third-order valence-electron chi connectivity index (χ3n) is 3.59. The summed E-state index contributed by atoms with van der Waals surface area (Å²) in [5.41, 5.74) is 1.78. The maximum Gasteiger partial charge on any atom is 0.313 e. The molecule has 5 nitrogen and oxygen atoms in total. The Labute approximate surface area is 120 Å². The van der Waals surface area contributed by atoms with Crippen LogP contribution >= 0.6 is 11.8 Å². The molecule has 0 amide bonds. The fraction of sp³-hybridized carbons (Fsp3) is 0.429. The number of ether oxygens (including phenoxy) is 1. The van der Waals surface area contributed by atoms with Gasteiger partial charge in [0.05, 0.1) is 28.9 Å². The van der Waals surface area contributed by atoms with Crippen LogP contribution in [0, 0.1) is 0 Å². The van der Waals surface area contributed by atoms with Gasteiger partial charge in [0.2, 0.25) is 0 Å². The molecule has 1 aromatic carbocycles. The summed E-state index contributed by atoms with van der Waals surface area (Å²) in [6.07, 6.45) is 0.911. The van der Waals surface area contributed by atoms with Crippen molar-refractivity contribution in [3.05, 3.63) is 24.3 Å². The predicted molar refractivity (Wildman–Crippen MR) is 77.2 cm³/mol. The van der Waals surface area contributed by atoms with E-state index in [0.29, 0.717) is 6.61 Å². The fourth-order valence-corrected chi connectivity index (χ4v) is 3.44. The lowest BCUT2D eigenvalue weighted by atomic mass is 10.0. The number of benzene rings is 1. The van der Waals surface area contributed by atoms with E-state index in [9.17, 15) is 4.79 Å². The number of rotatable bonds is 4. The Hall–Kier alpha value is -1.53. The van der Waals surface area contributed by atoms with Crippen molar-refractivity contribution >= 4 is 28.8 Å². The lowest BCUT2D eigenvalue weighted by Gasteiger charge is -2.26. The number of imidazole rings is 1. The fourth-order valence-electron chi connectivity index (χ4n) is 2.58. The quantitative estimate of drug-likeness (QED) is 0.876. The Morgan fingerprint density at radius 1 is 1.55 bits per heavy atom. The third-order valence-corrected chi connectivity index (χ3v) is 4.52. The zero-order valence-electron chi connectivity index (χ0n) is 11.2. The Morgan fingerprint density at radius 2 is 2.35 bits per heavy atom. The van der Waals surface area contributed by atoms with Gasteiger partial charge in [0.1, 0.15) is 0 Å². The number of nitrogens with zero attached hydrogens (tertiary/aromatic N) is 2. The molecule has 2 heterocycles. The number of thioether (sulfide) groups is 1. The van der Waals surface area contributed by atoms with E-state index >= 15 is 0 Å². The molecule has 1 saturated heterocycles. The van der Waals surface area contributed by atoms with Crippen molar-refractivity contribution < 1.29 is 14.6 Å². The molecule has 1 atom stereocenters. The monoisotopic (exact) mass is 292 g/mol. The van der Waals surface area contributed by atoms with Gasteiger partial charge in [0.25, 0.3) is 0 Å². The smallest absolute Gasteiger partial charge is 0.313 e. The molecule has 0 aliphatic carbocycles. The zero-order chi connectivity index (χ0) is 14.2. The molecule has 0 bridgehead atoms. The minimum atomic E-state index is -0.832. The molecule has 1 aromatic heterocycles. The lowest BCUT2D eigenvalue weighted by Crippen LogP contribution is -2.31. The van der Waals surface area contributed by atoms with E-state index in [1.54, 1.807) is 0 Å². The van der Waals surface area contributed by atoms with Crippen LogP contribution < -0.4 is 0 Å². The summed E-state index contributed by atoms with van der Waals surface area (Å²) < 4.78 is 7.68. The third kappa shape index (κ3) is 2.29. The lowest BCUT2D eigenvalue weighted by molar-refractivity contribution is -0.133. The molecule has 106 valence electrons. The van der Waals surface area contributed by atoms with Gasteiger partial charge < -0.3 is 14.4 Å². The van der Waals surface area contributed by atoms with Crippen molar-refractivity contribution in [2.75, 3.05) is 19.0 Å². The number of hydrogen-bond donors (Lipinski definition) is 1. The van der Waals surface area contributed by atoms with Crippen molar-refractivity contribution in [1.82, 2.24) is 9.55 Å². The molecule has 6 heteroatoms. The number of fused-ring (bicyclic) bond motifs is 1. The van der Waals surface area contributed by atoms with Crippen molar-refractivity contribution in [3.8, 4) is 0 Å². The van der Waals surface area contributed by atoms with Crippen molar-refractivity contribution in [2.24, 2.45) is 0 Å². The number of hydrogen-bond acceptors (Lipinski definition) is 4. The van der Waals surface area contributed by atoms with E-state index in [4.69, 9.17) is 9.84 Å². The average molecular weight is 292 g/mol. The second-order valence-electron chi connectivity index (χ2n) is 5.20. The van der Waals surface area contributed by atoms with Crippen LogP contribution in [0.15, 0.2) is 29.4 Å². The average Bonchev–Trinajstić information content (AvgIpc) is 3.00. The second-order valence-corrected chi connectivity index (χ2v) is 6.14. The Kier molecular flexibility index (Phi) is 3.43. The molecule has 0 spiro atoms. The van der Waals surface area contributed by atoms with Gasteiger partial charge in [-0.3, -0.25) is 4.79 Å². The topological polar surface area (TPSA) is 64.4 Å². The van der Waals surface area contributed by atoms with Crippen LogP contribution in [0.2, 0.25) is 0 Å². The first kappa shape index (κ1) is 13.5.